The molecule has 0 bridgehead atoms. The van der Waals surface area contributed by atoms with Gasteiger partial charge in [-0.2, -0.15) is 0 Å². The standard InChI is InChI=1S/C13H20N2O4/c16-9-4-2-1-3-8-14-11-19-13-7-5-6-12(10-13)15(17)18/h5-7,10,14,16H,1-4,8-9,11H2. The molecule has 2 N–H and O–H groups in total. The summed E-state index contributed by atoms with van der Waals surface area (Å²) in [6.07, 6.45) is 3.98. The van der Waals surface area contributed by atoms with Gasteiger partial charge in [-0.3, -0.25) is 15.4 Å². The molecule has 6 heteroatoms. The van der Waals surface area contributed by atoms with Crippen LogP contribution in [0.25, 0.3) is 0 Å². The minimum atomic E-state index is -0.443. The van der Waals surface area contributed by atoms with Gasteiger partial charge in [-0.1, -0.05) is 18.9 Å². The number of benzene rings is 1. The van der Waals surface area contributed by atoms with Crippen LogP contribution in [0.1, 0.15) is 25.7 Å². The second kappa shape index (κ2) is 9.29. The quantitative estimate of drug-likeness (QED) is 0.294. The highest BCUT2D eigenvalue weighted by atomic mass is 16.6. The van der Waals surface area contributed by atoms with Crippen molar-refractivity contribution in [3.8, 4) is 5.75 Å². The average Bonchev–Trinajstić information content (AvgIpc) is 2.42. The van der Waals surface area contributed by atoms with E-state index in [9.17, 15) is 10.1 Å². The second-order valence-corrected chi connectivity index (χ2v) is 4.18. The maximum Gasteiger partial charge on any atom is 0.273 e. The Kier molecular flexibility index (Phi) is 7.53. The molecule has 0 aromatic heterocycles. The van der Waals surface area contributed by atoms with Crippen LogP contribution < -0.4 is 10.1 Å². The third-order valence-electron chi connectivity index (χ3n) is 2.63. The van der Waals surface area contributed by atoms with Crippen LogP contribution in [0, 0.1) is 10.1 Å². The Morgan fingerprint density at radius 1 is 1.26 bits per heavy atom. The Balaban J connectivity index is 2.12. The number of nitrogens with one attached hydrogen (secondary N) is 1. The van der Waals surface area contributed by atoms with Crippen LogP contribution in [0.3, 0.4) is 0 Å². The highest BCUT2D eigenvalue weighted by Gasteiger charge is 2.05. The third-order valence-corrected chi connectivity index (χ3v) is 2.63. The second-order valence-electron chi connectivity index (χ2n) is 4.18. The number of hydrogen-bond donors (Lipinski definition) is 2. The summed E-state index contributed by atoms with van der Waals surface area (Å²) in [6.45, 7) is 1.42. The first-order valence-electron chi connectivity index (χ1n) is 6.43. The van der Waals surface area contributed by atoms with Gasteiger partial charge in [-0.25, -0.2) is 0 Å². The van der Waals surface area contributed by atoms with Gasteiger partial charge >= 0.3 is 0 Å². The van der Waals surface area contributed by atoms with Gasteiger partial charge in [0.15, 0.2) is 0 Å². The van der Waals surface area contributed by atoms with Gasteiger partial charge in [0.1, 0.15) is 12.5 Å². The molecule has 106 valence electrons. The van der Waals surface area contributed by atoms with Crippen molar-refractivity contribution in [1.82, 2.24) is 5.32 Å². The predicted octanol–water partition coefficient (Wildman–Crippen LogP) is 2.07. The van der Waals surface area contributed by atoms with Crippen molar-refractivity contribution in [3.05, 3.63) is 34.4 Å². The Morgan fingerprint density at radius 2 is 2.05 bits per heavy atom. The zero-order chi connectivity index (χ0) is 13.9. The summed E-state index contributed by atoms with van der Waals surface area (Å²) >= 11 is 0. The van der Waals surface area contributed by atoms with Crippen LogP contribution in [0.4, 0.5) is 5.69 Å². The SMILES string of the molecule is O=[N+]([O-])c1cccc(OCNCCCCCCO)c1. The fourth-order valence-electron chi connectivity index (χ4n) is 1.61. The van der Waals surface area contributed by atoms with Crippen molar-refractivity contribution in [2.45, 2.75) is 25.7 Å². The number of aliphatic hydroxyl groups excluding tert-OH is 1. The molecule has 0 spiro atoms. The molecule has 0 atom stereocenters. The lowest BCUT2D eigenvalue weighted by Crippen LogP contribution is -2.21. The van der Waals surface area contributed by atoms with Crippen LogP contribution in [0.5, 0.6) is 5.75 Å². The van der Waals surface area contributed by atoms with Gasteiger partial charge in [-0.05, 0) is 25.5 Å². The molecule has 0 aliphatic rings. The average molecular weight is 268 g/mol. The molecule has 0 amide bonds. The van der Waals surface area contributed by atoms with Crippen molar-refractivity contribution in [3.63, 3.8) is 0 Å². The van der Waals surface area contributed by atoms with Crippen molar-refractivity contribution in [2.24, 2.45) is 0 Å². The smallest absolute Gasteiger partial charge is 0.273 e. The van der Waals surface area contributed by atoms with Gasteiger partial charge in [0, 0.05) is 12.7 Å². The molecule has 0 unspecified atom stereocenters. The van der Waals surface area contributed by atoms with E-state index in [4.69, 9.17) is 9.84 Å². The van der Waals surface area contributed by atoms with E-state index >= 15 is 0 Å². The predicted molar refractivity (Wildman–Crippen MR) is 72.1 cm³/mol. The fraction of sp³-hybridized carbons (Fsp3) is 0.538. The first-order valence-corrected chi connectivity index (χ1v) is 6.43. The van der Waals surface area contributed by atoms with Crippen molar-refractivity contribution < 1.29 is 14.8 Å². The fourth-order valence-corrected chi connectivity index (χ4v) is 1.61. The van der Waals surface area contributed by atoms with Gasteiger partial charge in [0.2, 0.25) is 0 Å². The van der Waals surface area contributed by atoms with Crippen LogP contribution in [-0.4, -0.2) is 29.9 Å². The molecule has 0 saturated heterocycles. The summed E-state index contributed by atoms with van der Waals surface area (Å²) in [5.41, 5.74) is 0.0292. The van der Waals surface area contributed by atoms with Crippen LogP contribution in [0.15, 0.2) is 24.3 Å². The van der Waals surface area contributed by atoms with Crippen LogP contribution in [-0.2, 0) is 0 Å². The first kappa shape index (κ1) is 15.4. The Morgan fingerprint density at radius 3 is 2.79 bits per heavy atom. The number of rotatable bonds is 10. The zero-order valence-corrected chi connectivity index (χ0v) is 10.9. The first-order chi connectivity index (χ1) is 9.24. The number of nitro groups is 1. The van der Waals surface area contributed by atoms with E-state index < -0.39 is 4.92 Å². The molecule has 0 aliphatic heterocycles. The normalized spacial score (nSPS) is 10.4. The molecule has 0 aliphatic carbocycles. The summed E-state index contributed by atoms with van der Waals surface area (Å²) in [7, 11) is 0. The van der Waals surface area contributed by atoms with E-state index in [2.05, 4.69) is 5.32 Å². The zero-order valence-electron chi connectivity index (χ0n) is 10.9. The molecule has 0 heterocycles. The number of non-ortho nitro benzene ring substituents is 1. The number of ether oxygens (including phenoxy) is 1. The minimum absolute atomic E-state index is 0.0292. The number of unbranched alkanes of at least 4 members (excludes halogenated alkanes) is 3. The van der Waals surface area contributed by atoms with E-state index in [1.165, 1.54) is 12.1 Å². The van der Waals surface area contributed by atoms with Crippen molar-refractivity contribution in [2.75, 3.05) is 19.9 Å². The maximum absolute atomic E-state index is 10.6. The van der Waals surface area contributed by atoms with Gasteiger partial charge in [-0.15, -0.1) is 0 Å². The van der Waals surface area contributed by atoms with Gasteiger partial charge in [0.25, 0.3) is 5.69 Å². The van der Waals surface area contributed by atoms with Crippen molar-refractivity contribution >= 4 is 5.69 Å². The highest BCUT2D eigenvalue weighted by Crippen LogP contribution is 2.18. The number of hydrogen-bond acceptors (Lipinski definition) is 5. The third kappa shape index (κ3) is 6.73. The lowest BCUT2D eigenvalue weighted by atomic mass is 10.2. The Labute approximate surface area is 112 Å². The number of aliphatic hydroxyl groups is 1. The highest BCUT2D eigenvalue weighted by molar-refractivity contribution is 5.37. The number of nitrogens with zero attached hydrogens (tertiary/aromatic N) is 1. The van der Waals surface area contributed by atoms with Crippen LogP contribution >= 0.6 is 0 Å². The monoisotopic (exact) mass is 268 g/mol. The Hall–Kier alpha value is -1.66. The van der Waals surface area contributed by atoms with Gasteiger partial charge in [0.05, 0.1) is 11.0 Å². The summed E-state index contributed by atoms with van der Waals surface area (Å²) < 4.78 is 5.37. The number of nitro benzene ring substituents is 1. The molecule has 0 radical (unpaired) electrons. The summed E-state index contributed by atoms with van der Waals surface area (Å²) in [6, 6.07) is 6.13. The van der Waals surface area contributed by atoms with Crippen molar-refractivity contribution in [1.29, 1.82) is 0 Å². The van der Waals surface area contributed by atoms with Crippen LogP contribution in [0.2, 0.25) is 0 Å². The molecule has 1 rings (SSSR count). The molecule has 19 heavy (non-hydrogen) atoms. The molecule has 1 aromatic rings. The molecule has 1 aromatic carbocycles. The summed E-state index contributed by atoms with van der Waals surface area (Å²) in [5.74, 6) is 0.488. The van der Waals surface area contributed by atoms with E-state index in [1.807, 2.05) is 0 Å². The van der Waals surface area contributed by atoms with Gasteiger partial charge < -0.3 is 9.84 Å². The maximum atomic E-state index is 10.6. The summed E-state index contributed by atoms with van der Waals surface area (Å²) in [5, 5.41) is 22.3. The minimum Gasteiger partial charge on any atom is -0.478 e. The molecule has 6 nitrogen and oxygen atoms in total. The molecular weight excluding hydrogens is 248 g/mol. The molecule has 0 saturated carbocycles. The van der Waals surface area contributed by atoms with E-state index in [1.54, 1.807) is 12.1 Å². The molecular formula is C13H20N2O4. The largest absolute Gasteiger partial charge is 0.478 e. The Bertz CT molecular complexity index is 385. The summed E-state index contributed by atoms with van der Waals surface area (Å²) in [4.78, 5) is 10.1. The lowest BCUT2D eigenvalue weighted by Gasteiger charge is -2.07. The lowest BCUT2D eigenvalue weighted by molar-refractivity contribution is -0.384. The van der Waals surface area contributed by atoms with E-state index in [0.29, 0.717) is 12.5 Å². The van der Waals surface area contributed by atoms with E-state index in [-0.39, 0.29) is 12.3 Å². The topological polar surface area (TPSA) is 84.6 Å². The van der Waals surface area contributed by atoms with E-state index in [0.717, 1.165) is 32.2 Å². The molecule has 0 fully saturated rings.